The molecule has 0 saturated carbocycles. The molecule has 0 amide bonds. The normalized spacial score (nSPS) is 15.3. The van der Waals surface area contributed by atoms with Gasteiger partial charge in [0.15, 0.2) is 0 Å². The molecule has 240 valence electrons. The number of rotatable bonds is 10. The Kier molecular flexibility index (Phi) is 19.9. The van der Waals surface area contributed by atoms with Gasteiger partial charge in [0.05, 0.1) is 6.61 Å². The van der Waals surface area contributed by atoms with Crippen LogP contribution in [0.25, 0.3) is 0 Å². The third-order valence-electron chi connectivity index (χ3n) is 8.27. The minimum Gasteiger partial charge on any atom is -0.494 e. The molecule has 0 aliphatic carbocycles. The van der Waals surface area contributed by atoms with E-state index in [0.29, 0.717) is 0 Å². The lowest BCUT2D eigenvalue weighted by Gasteiger charge is -2.32. The van der Waals surface area contributed by atoms with Crippen molar-refractivity contribution in [2.24, 2.45) is 5.92 Å². The molecule has 0 aromatic heterocycles. The number of likely N-dealkylation sites (tertiary alicyclic amines) is 1. The Morgan fingerprint density at radius 2 is 1.40 bits per heavy atom. The topological polar surface area (TPSA) is 27.7 Å². The molecular formula is C36H54Cl3N3O. The van der Waals surface area contributed by atoms with Gasteiger partial charge in [0.2, 0.25) is 0 Å². The maximum absolute atomic E-state index is 6.27. The van der Waals surface area contributed by atoms with Crippen molar-refractivity contribution < 1.29 is 4.74 Å². The van der Waals surface area contributed by atoms with Crippen LogP contribution in [0.2, 0.25) is 0 Å². The molecule has 0 unspecified atom stereocenters. The summed E-state index contributed by atoms with van der Waals surface area (Å²) < 4.78 is 6.27. The van der Waals surface area contributed by atoms with Gasteiger partial charge in [0.1, 0.15) is 5.75 Å². The molecule has 4 nitrogen and oxygen atoms in total. The second-order valence-corrected chi connectivity index (χ2v) is 11.5. The lowest BCUT2D eigenvalue weighted by Crippen LogP contribution is -2.33. The Labute approximate surface area is 280 Å². The van der Waals surface area contributed by atoms with Crippen molar-refractivity contribution in [3.63, 3.8) is 0 Å². The van der Waals surface area contributed by atoms with Crippen LogP contribution in [0.4, 0.5) is 0 Å². The number of hydrogen-bond donors (Lipinski definition) is 1. The Bertz CT molecular complexity index is 1120. The van der Waals surface area contributed by atoms with E-state index in [2.05, 4.69) is 109 Å². The van der Waals surface area contributed by atoms with Gasteiger partial charge in [-0.25, -0.2) is 0 Å². The summed E-state index contributed by atoms with van der Waals surface area (Å²) in [5.41, 5.74) is 7.11. The molecule has 3 aromatic carbocycles. The van der Waals surface area contributed by atoms with Crippen molar-refractivity contribution >= 4 is 37.2 Å². The van der Waals surface area contributed by atoms with Crippen LogP contribution >= 0.6 is 37.2 Å². The highest BCUT2D eigenvalue weighted by Crippen LogP contribution is 2.26. The molecular weight excluding hydrogens is 597 g/mol. The van der Waals surface area contributed by atoms with Gasteiger partial charge in [-0.05, 0) is 112 Å². The fourth-order valence-corrected chi connectivity index (χ4v) is 5.85. The molecule has 1 N–H and O–H groups in total. The number of halogens is 3. The van der Waals surface area contributed by atoms with Gasteiger partial charge < -0.3 is 10.1 Å². The lowest BCUT2D eigenvalue weighted by atomic mass is 9.93. The summed E-state index contributed by atoms with van der Waals surface area (Å²) >= 11 is 0. The molecule has 2 aliphatic heterocycles. The predicted octanol–water partition coefficient (Wildman–Crippen LogP) is 8.51. The molecule has 0 bridgehead atoms. The van der Waals surface area contributed by atoms with Crippen LogP contribution in [0.3, 0.4) is 0 Å². The standard InChI is InChI=1S/C32H40N2O.C4H11N.3ClH/c1-26-9-11-29(12-10-26)23-33-19-15-27(16-20-33)17-21-35-32-14-13-30-8-5-18-34(25-31(30)22-32)24-28-6-3-2-4-7-28;1-3-5-4-2;;;/h2-4,6-7,9-14,22,27H,5,8,15-21,23-25H2,1H3;5H,3-4H2,1-2H3;3*1H. The Hall–Kier alpha value is -1.79. The zero-order valence-corrected chi connectivity index (χ0v) is 28.9. The first kappa shape index (κ1) is 39.2. The maximum Gasteiger partial charge on any atom is 0.119 e. The molecule has 5 rings (SSSR count). The Morgan fingerprint density at radius 1 is 0.744 bits per heavy atom. The van der Waals surface area contributed by atoms with Crippen LogP contribution in [0.5, 0.6) is 5.75 Å². The van der Waals surface area contributed by atoms with Gasteiger partial charge in [-0.3, -0.25) is 9.80 Å². The zero-order chi connectivity index (χ0) is 28.0. The van der Waals surface area contributed by atoms with E-state index in [-0.39, 0.29) is 37.2 Å². The highest BCUT2D eigenvalue weighted by Gasteiger charge is 2.20. The van der Waals surface area contributed by atoms with E-state index < -0.39 is 0 Å². The first-order valence-electron chi connectivity index (χ1n) is 15.6. The van der Waals surface area contributed by atoms with Crippen LogP contribution in [0.1, 0.15) is 67.3 Å². The Morgan fingerprint density at radius 3 is 2.05 bits per heavy atom. The molecule has 43 heavy (non-hydrogen) atoms. The second kappa shape index (κ2) is 21.8. The Balaban J connectivity index is 0.00000107. The van der Waals surface area contributed by atoms with Crippen LogP contribution in [-0.2, 0) is 26.1 Å². The molecule has 2 aliphatic rings. The summed E-state index contributed by atoms with van der Waals surface area (Å²) in [4.78, 5) is 5.19. The van der Waals surface area contributed by atoms with Gasteiger partial charge in [-0.2, -0.15) is 0 Å². The van der Waals surface area contributed by atoms with Crippen molar-refractivity contribution in [2.45, 2.75) is 72.5 Å². The second-order valence-electron chi connectivity index (χ2n) is 11.5. The number of benzene rings is 3. The number of fused-ring (bicyclic) bond motifs is 1. The molecule has 2 heterocycles. The van der Waals surface area contributed by atoms with Crippen LogP contribution in [0, 0.1) is 12.8 Å². The van der Waals surface area contributed by atoms with E-state index in [1.807, 2.05) is 0 Å². The maximum atomic E-state index is 6.27. The lowest BCUT2D eigenvalue weighted by molar-refractivity contribution is 0.157. The monoisotopic (exact) mass is 649 g/mol. The van der Waals surface area contributed by atoms with Crippen molar-refractivity contribution in [3.8, 4) is 5.75 Å². The molecule has 0 spiro atoms. The average Bonchev–Trinajstić information content (AvgIpc) is 3.18. The summed E-state index contributed by atoms with van der Waals surface area (Å²) in [6.45, 7) is 16.1. The first-order valence-corrected chi connectivity index (χ1v) is 15.6. The van der Waals surface area contributed by atoms with Gasteiger partial charge >= 0.3 is 0 Å². The average molecular weight is 651 g/mol. The summed E-state index contributed by atoms with van der Waals surface area (Å²) in [5, 5.41) is 3.11. The SMILES string of the molecule is CCNCC.Cc1ccc(CN2CCC(CCOc3ccc4c(c3)CN(Cc3ccccc3)CCC4)CC2)cc1.Cl.Cl.Cl. The number of nitrogens with one attached hydrogen (secondary N) is 1. The van der Waals surface area contributed by atoms with E-state index in [1.54, 1.807) is 0 Å². The smallest absolute Gasteiger partial charge is 0.119 e. The summed E-state index contributed by atoms with van der Waals surface area (Å²) in [5.74, 6) is 1.83. The van der Waals surface area contributed by atoms with Gasteiger partial charge in [0, 0.05) is 19.6 Å². The molecule has 0 atom stereocenters. The fourth-order valence-electron chi connectivity index (χ4n) is 5.85. The zero-order valence-electron chi connectivity index (χ0n) is 26.4. The van der Waals surface area contributed by atoms with Crippen molar-refractivity contribution in [1.29, 1.82) is 0 Å². The van der Waals surface area contributed by atoms with Crippen molar-refractivity contribution in [2.75, 3.05) is 39.3 Å². The number of piperidine rings is 1. The van der Waals surface area contributed by atoms with E-state index >= 15 is 0 Å². The van der Waals surface area contributed by atoms with E-state index in [4.69, 9.17) is 4.74 Å². The fraction of sp³-hybridized carbons (Fsp3) is 0.500. The van der Waals surface area contributed by atoms with Gasteiger partial charge in [-0.1, -0.05) is 80.1 Å². The number of ether oxygens (including phenoxy) is 1. The van der Waals surface area contributed by atoms with E-state index in [1.165, 1.54) is 66.6 Å². The number of aryl methyl sites for hydroxylation is 2. The highest BCUT2D eigenvalue weighted by atomic mass is 35.5. The number of hydrogen-bond acceptors (Lipinski definition) is 4. The summed E-state index contributed by atoms with van der Waals surface area (Å²) in [6.07, 6.45) is 6.13. The van der Waals surface area contributed by atoms with Crippen molar-refractivity contribution in [1.82, 2.24) is 15.1 Å². The largest absolute Gasteiger partial charge is 0.494 e. The molecule has 1 fully saturated rings. The number of nitrogens with zero attached hydrogens (tertiary/aromatic N) is 2. The first-order chi connectivity index (χ1) is 19.6. The molecule has 7 heteroatoms. The van der Waals surface area contributed by atoms with Gasteiger partial charge in [-0.15, -0.1) is 37.2 Å². The van der Waals surface area contributed by atoms with Crippen molar-refractivity contribution in [3.05, 3.63) is 101 Å². The molecule has 1 saturated heterocycles. The summed E-state index contributed by atoms with van der Waals surface area (Å²) in [7, 11) is 0. The van der Waals surface area contributed by atoms with Crippen LogP contribution < -0.4 is 10.1 Å². The van der Waals surface area contributed by atoms with E-state index in [9.17, 15) is 0 Å². The van der Waals surface area contributed by atoms with Crippen LogP contribution in [0.15, 0.2) is 72.8 Å². The molecule has 3 aromatic rings. The minimum atomic E-state index is 0. The highest BCUT2D eigenvalue weighted by molar-refractivity contribution is 5.86. The third-order valence-corrected chi connectivity index (χ3v) is 8.27. The third kappa shape index (κ3) is 13.8. The quantitative estimate of drug-likeness (QED) is 0.238. The predicted molar refractivity (Wildman–Crippen MR) is 191 cm³/mol. The molecule has 0 radical (unpaired) electrons. The van der Waals surface area contributed by atoms with E-state index in [0.717, 1.165) is 64.0 Å². The summed E-state index contributed by atoms with van der Waals surface area (Å²) in [6, 6.07) is 26.6. The van der Waals surface area contributed by atoms with Gasteiger partial charge in [0.25, 0.3) is 0 Å². The van der Waals surface area contributed by atoms with Crippen LogP contribution in [-0.4, -0.2) is 49.1 Å². The minimum absolute atomic E-state index is 0.